The summed E-state index contributed by atoms with van der Waals surface area (Å²) in [5.41, 5.74) is 4.79. The van der Waals surface area contributed by atoms with E-state index in [2.05, 4.69) is 17.2 Å². The number of hydrogen-bond acceptors (Lipinski definition) is 4. The minimum Gasteiger partial charge on any atom is -0.368 e. The number of nitrogens with zero attached hydrogens (tertiary/aromatic N) is 2. The molecule has 0 aliphatic carbocycles. The van der Waals surface area contributed by atoms with Crippen LogP contribution in [-0.2, 0) is 11.3 Å². The summed E-state index contributed by atoms with van der Waals surface area (Å²) in [6.07, 6.45) is 4.57. The maximum absolute atomic E-state index is 11.8. The highest BCUT2D eigenvalue weighted by atomic mass is 32.1. The molecule has 0 radical (unpaired) electrons. The van der Waals surface area contributed by atoms with Gasteiger partial charge in [0, 0.05) is 12.4 Å². The van der Waals surface area contributed by atoms with Crippen molar-refractivity contribution in [3.05, 3.63) is 29.9 Å². The molecular formula is C14H20N4OS. The van der Waals surface area contributed by atoms with Crippen LogP contribution < -0.4 is 11.1 Å². The Morgan fingerprint density at radius 1 is 1.60 bits per heavy atom. The predicted octanol–water partition coefficient (Wildman–Crippen LogP) is 1.86. The predicted molar refractivity (Wildman–Crippen MR) is 81.4 cm³/mol. The van der Waals surface area contributed by atoms with Crippen molar-refractivity contribution in [3.8, 4) is 10.7 Å². The van der Waals surface area contributed by atoms with Crippen LogP contribution in [0.4, 0.5) is 0 Å². The fourth-order valence-electron chi connectivity index (χ4n) is 2.03. The van der Waals surface area contributed by atoms with Gasteiger partial charge in [0.15, 0.2) is 0 Å². The molecule has 0 saturated carbocycles. The van der Waals surface area contributed by atoms with Gasteiger partial charge >= 0.3 is 0 Å². The van der Waals surface area contributed by atoms with E-state index in [-0.39, 0.29) is 5.91 Å². The number of nitrogens with one attached hydrogen (secondary N) is 1. The van der Waals surface area contributed by atoms with Gasteiger partial charge in [0.05, 0.1) is 11.4 Å². The second kappa shape index (κ2) is 6.19. The summed E-state index contributed by atoms with van der Waals surface area (Å²) in [4.78, 5) is 17.2. The summed E-state index contributed by atoms with van der Waals surface area (Å²) in [6.45, 7) is 5.12. The number of hydrogen-bond donors (Lipinski definition) is 2. The molecule has 2 aromatic rings. The third-order valence-electron chi connectivity index (χ3n) is 3.25. The molecule has 0 fully saturated rings. The van der Waals surface area contributed by atoms with Gasteiger partial charge in [0.1, 0.15) is 11.4 Å². The monoisotopic (exact) mass is 292 g/mol. The second-order valence-electron chi connectivity index (χ2n) is 4.98. The van der Waals surface area contributed by atoms with Gasteiger partial charge in [0.25, 0.3) is 0 Å². The SMILES string of the molecule is CCCNC(C)(Cn1ccnc1-c1cccs1)C(N)=O. The molecule has 1 unspecified atom stereocenters. The minimum absolute atomic E-state index is 0.350. The van der Waals surface area contributed by atoms with Crippen molar-refractivity contribution in [2.45, 2.75) is 32.4 Å². The van der Waals surface area contributed by atoms with Crippen molar-refractivity contribution in [3.63, 3.8) is 0 Å². The number of thiophene rings is 1. The molecule has 0 aliphatic heterocycles. The zero-order valence-electron chi connectivity index (χ0n) is 11.8. The highest BCUT2D eigenvalue weighted by Gasteiger charge is 2.31. The molecule has 0 bridgehead atoms. The number of aromatic nitrogens is 2. The molecule has 5 nitrogen and oxygen atoms in total. The van der Waals surface area contributed by atoms with Crippen LogP contribution in [0.15, 0.2) is 29.9 Å². The van der Waals surface area contributed by atoms with E-state index in [0.29, 0.717) is 6.54 Å². The van der Waals surface area contributed by atoms with E-state index in [0.717, 1.165) is 23.7 Å². The Hall–Kier alpha value is -1.66. The topological polar surface area (TPSA) is 72.9 Å². The van der Waals surface area contributed by atoms with Gasteiger partial charge in [-0.15, -0.1) is 11.3 Å². The summed E-state index contributed by atoms with van der Waals surface area (Å²) in [5, 5.41) is 5.25. The lowest BCUT2D eigenvalue weighted by atomic mass is 10.0. The molecule has 1 amide bonds. The first kappa shape index (κ1) is 14.7. The normalized spacial score (nSPS) is 14.1. The first-order chi connectivity index (χ1) is 9.57. The van der Waals surface area contributed by atoms with Gasteiger partial charge in [-0.25, -0.2) is 4.98 Å². The molecule has 6 heteroatoms. The Morgan fingerprint density at radius 2 is 2.40 bits per heavy atom. The highest BCUT2D eigenvalue weighted by Crippen LogP contribution is 2.24. The van der Waals surface area contributed by atoms with Crippen molar-refractivity contribution < 1.29 is 4.79 Å². The van der Waals surface area contributed by atoms with Gasteiger partial charge in [-0.05, 0) is 31.3 Å². The zero-order valence-corrected chi connectivity index (χ0v) is 12.6. The molecule has 0 aromatic carbocycles. The quantitative estimate of drug-likeness (QED) is 0.818. The van der Waals surface area contributed by atoms with E-state index in [9.17, 15) is 4.79 Å². The lowest BCUT2D eigenvalue weighted by Crippen LogP contribution is -2.56. The van der Waals surface area contributed by atoms with E-state index >= 15 is 0 Å². The average molecular weight is 292 g/mol. The van der Waals surface area contributed by atoms with Crippen LogP contribution in [0.3, 0.4) is 0 Å². The van der Waals surface area contributed by atoms with E-state index in [4.69, 9.17) is 5.73 Å². The molecule has 2 aromatic heterocycles. The van der Waals surface area contributed by atoms with Gasteiger partial charge in [-0.2, -0.15) is 0 Å². The molecule has 2 heterocycles. The minimum atomic E-state index is -0.775. The maximum Gasteiger partial charge on any atom is 0.239 e. The fraction of sp³-hybridized carbons (Fsp3) is 0.429. The molecule has 1 atom stereocenters. The van der Waals surface area contributed by atoms with Crippen LogP contribution in [0.2, 0.25) is 0 Å². The van der Waals surface area contributed by atoms with Crippen LogP contribution in [0.5, 0.6) is 0 Å². The van der Waals surface area contributed by atoms with Gasteiger partial charge in [-0.1, -0.05) is 13.0 Å². The second-order valence-corrected chi connectivity index (χ2v) is 5.93. The van der Waals surface area contributed by atoms with E-state index < -0.39 is 5.54 Å². The Kier molecular flexibility index (Phi) is 4.57. The molecular weight excluding hydrogens is 272 g/mol. The number of nitrogens with two attached hydrogens (primary N) is 1. The van der Waals surface area contributed by atoms with Gasteiger partial charge < -0.3 is 15.6 Å². The maximum atomic E-state index is 11.8. The summed E-state index contributed by atoms with van der Waals surface area (Å²) in [7, 11) is 0. The third kappa shape index (κ3) is 3.08. The van der Waals surface area contributed by atoms with Gasteiger partial charge in [-0.3, -0.25) is 4.79 Å². The number of imidazole rings is 1. The lowest BCUT2D eigenvalue weighted by molar-refractivity contribution is -0.124. The summed E-state index contributed by atoms with van der Waals surface area (Å²) < 4.78 is 1.97. The smallest absolute Gasteiger partial charge is 0.239 e. The molecule has 3 N–H and O–H groups in total. The Morgan fingerprint density at radius 3 is 3.00 bits per heavy atom. The van der Waals surface area contributed by atoms with E-state index in [1.165, 1.54) is 0 Å². The third-order valence-corrected chi connectivity index (χ3v) is 4.12. The number of amides is 1. The number of carbonyl (C=O) groups is 1. The molecule has 108 valence electrons. The highest BCUT2D eigenvalue weighted by molar-refractivity contribution is 7.13. The van der Waals surface area contributed by atoms with Crippen LogP contribution in [0.1, 0.15) is 20.3 Å². The average Bonchev–Trinajstić information content (AvgIpc) is 3.06. The van der Waals surface area contributed by atoms with Crippen molar-refractivity contribution in [2.24, 2.45) is 5.73 Å². The fourth-order valence-corrected chi connectivity index (χ4v) is 2.77. The number of rotatable bonds is 7. The Labute approximate surface area is 122 Å². The van der Waals surface area contributed by atoms with Crippen molar-refractivity contribution in [2.75, 3.05) is 6.54 Å². The van der Waals surface area contributed by atoms with Crippen molar-refractivity contribution in [1.82, 2.24) is 14.9 Å². The zero-order chi connectivity index (χ0) is 14.6. The number of primary amides is 1. The standard InChI is InChI=1S/C14H20N4OS/c1-3-6-17-14(2,13(15)19)10-18-8-7-16-12(18)11-5-4-9-20-11/h4-5,7-9,17H,3,6,10H2,1-2H3,(H2,15,19). The summed E-state index contributed by atoms with van der Waals surface area (Å²) in [6, 6.07) is 4.01. The van der Waals surface area contributed by atoms with E-state index in [1.54, 1.807) is 17.5 Å². The summed E-state index contributed by atoms with van der Waals surface area (Å²) in [5.74, 6) is 0.516. The van der Waals surface area contributed by atoms with Crippen molar-refractivity contribution >= 4 is 17.2 Å². The van der Waals surface area contributed by atoms with Crippen LogP contribution in [-0.4, -0.2) is 27.5 Å². The van der Waals surface area contributed by atoms with Crippen molar-refractivity contribution in [1.29, 1.82) is 0 Å². The van der Waals surface area contributed by atoms with Gasteiger partial charge in [0.2, 0.25) is 5.91 Å². The first-order valence-corrected chi connectivity index (χ1v) is 7.55. The van der Waals surface area contributed by atoms with Crippen LogP contribution in [0, 0.1) is 0 Å². The van der Waals surface area contributed by atoms with Crippen LogP contribution in [0.25, 0.3) is 10.7 Å². The first-order valence-electron chi connectivity index (χ1n) is 6.67. The molecule has 0 saturated heterocycles. The largest absolute Gasteiger partial charge is 0.368 e. The summed E-state index contributed by atoms with van der Waals surface area (Å²) >= 11 is 1.63. The van der Waals surface area contributed by atoms with Crippen LogP contribution >= 0.6 is 11.3 Å². The molecule has 0 spiro atoms. The molecule has 0 aliphatic rings. The Balaban J connectivity index is 2.24. The number of carbonyl (C=O) groups excluding carboxylic acids is 1. The molecule has 2 rings (SSSR count). The Bertz CT molecular complexity index is 564. The van der Waals surface area contributed by atoms with E-state index in [1.807, 2.05) is 35.2 Å². The lowest BCUT2D eigenvalue weighted by Gasteiger charge is -2.28. The molecule has 20 heavy (non-hydrogen) atoms.